The van der Waals surface area contributed by atoms with Crippen LogP contribution in [0, 0.1) is 23.7 Å². The molecule has 0 unspecified atom stereocenters. The number of halogens is 4. The number of carbonyl (C=O) groups is 4. The van der Waals surface area contributed by atoms with E-state index in [-0.39, 0.29) is 44.0 Å². The average Bonchev–Trinajstić information content (AvgIpc) is 3.30. The van der Waals surface area contributed by atoms with Gasteiger partial charge < -0.3 is 10.1 Å². The second-order valence-corrected chi connectivity index (χ2v) is 10.6. The van der Waals surface area contributed by atoms with Gasteiger partial charge in [0.15, 0.2) is 6.61 Å². The molecule has 0 aromatic heterocycles. The number of likely N-dealkylation sites (tertiary alicyclic amines) is 1. The van der Waals surface area contributed by atoms with E-state index in [1.807, 2.05) is 0 Å². The molecule has 4 rings (SSSR count). The predicted molar refractivity (Wildman–Crippen MR) is 117 cm³/mol. The number of rotatable bonds is 5. The van der Waals surface area contributed by atoms with Crippen molar-refractivity contribution in [3.05, 3.63) is 28.2 Å². The summed E-state index contributed by atoms with van der Waals surface area (Å²) in [5.74, 6) is -2.80. The van der Waals surface area contributed by atoms with Gasteiger partial charge in [0.25, 0.3) is 5.91 Å². The summed E-state index contributed by atoms with van der Waals surface area (Å²) >= 11 is 19.1. The molecule has 1 heterocycles. The Balaban J connectivity index is 1.32. The van der Waals surface area contributed by atoms with Crippen LogP contribution in [0.15, 0.2) is 18.2 Å². The maximum atomic E-state index is 12.8. The minimum atomic E-state index is -0.831. The van der Waals surface area contributed by atoms with E-state index in [4.69, 9.17) is 27.9 Å². The highest BCUT2D eigenvalue weighted by Crippen LogP contribution is 2.60. The van der Waals surface area contributed by atoms with Gasteiger partial charge in [-0.15, -0.1) is 0 Å². The highest BCUT2D eigenvalue weighted by molar-refractivity contribution is 9.12. The van der Waals surface area contributed by atoms with E-state index in [1.165, 1.54) is 12.1 Å². The largest absolute Gasteiger partial charge is 0.454 e. The predicted octanol–water partition coefficient (Wildman–Crippen LogP) is 3.25. The number of nitrogens with zero attached hydrogens (tertiary/aromatic N) is 1. The van der Waals surface area contributed by atoms with Crippen LogP contribution in [0.3, 0.4) is 0 Å². The fourth-order valence-corrected chi connectivity index (χ4v) is 6.88. The number of anilines is 1. The first-order valence-electron chi connectivity index (χ1n) is 9.23. The first-order valence-corrected chi connectivity index (χ1v) is 11.8. The van der Waals surface area contributed by atoms with Crippen molar-refractivity contribution in [1.29, 1.82) is 0 Å². The average molecular weight is 583 g/mol. The molecule has 1 aromatic rings. The van der Waals surface area contributed by atoms with Crippen molar-refractivity contribution in [3.8, 4) is 0 Å². The first-order chi connectivity index (χ1) is 14.2. The summed E-state index contributed by atoms with van der Waals surface area (Å²) in [6.45, 7) is -1.09. The number of amides is 3. The quantitative estimate of drug-likeness (QED) is 0.327. The SMILES string of the molecule is O=C(COC(=O)CN1C(=O)[C@@H]2[C@H]3C[C@@H]([C@@H](Br)[C@H]3Br)[C@H]2C1=O)Nc1cc(Cl)ccc1Cl. The van der Waals surface area contributed by atoms with Crippen LogP contribution in [0.2, 0.25) is 10.0 Å². The molecule has 3 fully saturated rings. The van der Waals surface area contributed by atoms with Gasteiger partial charge >= 0.3 is 5.97 Å². The molecule has 2 bridgehead atoms. The van der Waals surface area contributed by atoms with Crippen LogP contribution in [0.4, 0.5) is 5.69 Å². The third-order valence-electron chi connectivity index (χ3n) is 5.93. The number of carbonyl (C=O) groups excluding carboxylic acids is 4. The van der Waals surface area contributed by atoms with Crippen LogP contribution < -0.4 is 5.32 Å². The number of fused-ring (bicyclic) bond motifs is 5. The summed E-state index contributed by atoms with van der Waals surface area (Å²) in [5, 5.41) is 3.15. The number of hydrogen-bond donors (Lipinski definition) is 1. The summed E-state index contributed by atoms with van der Waals surface area (Å²) in [7, 11) is 0. The van der Waals surface area contributed by atoms with E-state index in [1.54, 1.807) is 6.07 Å². The van der Waals surface area contributed by atoms with Gasteiger partial charge in [0.2, 0.25) is 11.8 Å². The zero-order valence-electron chi connectivity index (χ0n) is 15.3. The smallest absolute Gasteiger partial charge is 0.326 e. The third kappa shape index (κ3) is 3.78. The number of ether oxygens (including phenoxy) is 1. The summed E-state index contributed by atoms with van der Waals surface area (Å²) in [6.07, 6.45) is 0.809. The van der Waals surface area contributed by atoms with Crippen LogP contribution in [0.25, 0.3) is 0 Å². The lowest BCUT2D eigenvalue weighted by atomic mass is 9.81. The lowest BCUT2D eigenvalue weighted by Crippen LogP contribution is -2.38. The van der Waals surface area contributed by atoms with Gasteiger partial charge in [0, 0.05) is 14.7 Å². The third-order valence-corrected chi connectivity index (χ3v) is 9.70. The van der Waals surface area contributed by atoms with Gasteiger partial charge in [-0.25, -0.2) is 0 Å². The lowest BCUT2D eigenvalue weighted by Gasteiger charge is -2.28. The number of imide groups is 1. The van der Waals surface area contributed by atoms with Crippen molar-refractivity contribution < 1.29 is 23.9 Å². The summed E-state index contributed by atoms with van der Waals surface area (Å²) in [4.78, 5) is 51.0. The summed E-state index contributed by atoms with van der Waals surface area (Å²) in [6, 6.07) is 4.56. The van der Waals surface area contributed by atoms with E-state index >= 15 is 0 Å². The molecule has 0 spiro atoms. The molecule has 3 aliphatic rings. The number of hydrogen-bond acceptors (Lipinski definition) is 5. The Labute approximate surface area is 199 Å². The van der Waals surface area contributed by atoms with Crippen molar-refractivity contribution in [2.24, 2.45) is 23.7 Å². The number of esters is 1. The lowest BCUT2D eigenvalue weighted by molar-refractivity contribution is -0.154. The molecule has 1 aromatic carbocycles. The molecule has 3 amide bonds. The summed E-state index contributed by atoms with van der Waals surface area (Å²) < 4.78 is 4.95. The van der Waals surface area contributed by atoms with Crippen LogP contribution in [0.5, 0.6) is 0 Å². The van der Waals surface area contributed by atoms with Crippen molar-refractivity contribution in [3.63, 3.8) is 0 Å². The molecule has 2 aliphatic carbocycles. The molecule has 11 heteroatoms. The van der Waals surface area contributed by atoms with Gasteiger partial charge in [-0.2, -0.15) is 0 Å². The number of benzene rings is 1. The van der Waals surface area contributed by atoms with Crippen molar-refractivity contribution in [1.82, 2.24) is 4.90 Å². The minimum Gasteiger partial charge on any atom is -0.454 e. The van der Waals surface area contributed by atoms with E-state index in [2.05, 4.69) is 37.2 Å². The zero-order chi connectivity index (χ0) is 21.7. The van der Waals surface area contributed by atoms with Gasteiger partial charge in [-0.1, -0.05) is 55.1 Å². The van der Waals surface area contributed by atoms with Crippen LogP contribution in [0.1, 0.15) is 6.42 Å². The van der Waals surface area contributed by atoms with E-state index in [0.29, 0.717) is 5.02 Å². The first kappa shape index (κ1) is 22.0. The van der Waals surface area contributed by atoms with Crippen molar-refractivity contribution in [2.45, 2.75) is 16.1 Å². The second-order valence-electron chi connectivity index (χ2n) is 7.60. The van der Waals surface area contributed by atoms with Gasteiger partial charge in [-0.3, -0.25) is 24.1 Å². The highest BCUT2D eigenvalue weighted by Gasteiger charge is 2.66. The maximum Gasteiger partial charge on any atom is 0.326 e. The van der Waals surface area contributed by atoms with Crippen LogP contribution in [-0.2, 0) is 23.9 Å². The highest BCUT2D eigenvalue weighted by atomic mass is 79.9. The summed E-state index contributed by atoms with van der Waals surface area (Å²) in [5.41, 5.74) is 0.284. The molecule has 1 saturated heterocycles. The van der Waals surface area contributed by atoms with Crippen molar-refractivity contribution >= 4 is 84.4 Å². The molecule has 160 valence electrons. The number of alkyl halides is 2. The Hall–Kier alpha value is -1.16. The minimum absolute atomic E-state index is 0.0649. The molecule has 30 heavy (non-hydrogen) atoms. The fraction of sp³-hybridized carbons (Fsp3) is 0.474. The molecule has 1 aliphatic heterocycles. The molecule has 7 nitrogen and oxygen atoms in total. The van der Waals surface area contributed by atoms with Gasteiger partial charge in [0.1, 0.15) is 6.54 Å². The molecule has 1 N–H and O–H groups in total. The monoisotopic (exact) mass is 580 g/mol. The Morgan fingerprint density at radius 2 is 1.70 bits per heavy atom. The maximum absolute atomic E-state index is 12.8. The molecular weight excluding hydrogens is 567 g/mol. The van der Waals surface area contributed by atoms with E-state index in [0.717, 1.165) is 11.3 Å². The van der Waals surface area contributed by atoms with Crippen LogP contribution in [-0.4, -0.2) is 51.4 Å². The fourth-order valence-electron chi connectivity index (χ4n) is 4.67. The van der Waals surface area contributed by atoms with E-state index in [9.17, 15) is 19.2 Å². The Morgan fingerprint density at radius 3 is 2.30 bits per heavy atom. The normalized spacial score (nSPS) is 31.8. The standard InChI is InChI=1S/C19H16Br2Cl2N2O5/c20-16-8-4-9(17(16)21)15-14(8)18(28)25(19(15)29)5-13(27)30-6-12(26)24-11-3-7(22)1-2-10(11)23/h1-3,8-9,14-17H,4-6H2,(H,24,26)/t8-,9-,14-,15-,16-,17+/m1/s1. The second kappa shape index (κ2) is 8.41. The molecule has 6 atom stereocenters. The molecule has 0 radical (unpaired) electrons. The topological polar surface area (TPSA) is 92.8 Å². The Kier molecular flexibility index (Phi) is 6.18. The van der Waals surface area contributed by atoms with Crippen molar-refractivity contribution in [2.75, 3.05) is 18.5 Å². The molecular formula is C19H16Br2Cl2N2O5. The molecule has 2 saturated carbocycles. The Bertz CT molecular complexity index is 913. The Morgan fingerprint density at radius 1 is 1.10 bits per heavy atom. The number of nitrogens with one attached hydrogen (secondary N) is 1. The zero-order valence-corrected chi connectivity index (χ0v) is 20.0. The van der Waals surface area contributed by atoms with Gasteiger partial charge in [0.05, 0.1) is 22.5 Å². The van der Waals surface area contributed by atoms with E-state index < -0.39 is 36.9 Å². The van der Waals surface area contributed by atoms with Gasteiger partial charge in [-0.05, 0) is 36.5 Å². The van der Waals surface area contributed by atoms with Crippen LogP contribution >= 0.6 is 55.1 Å².